The minimum Gasteiger partial charge on any atom is -0.478 e. The van der Waals surface area contributed by atoms with Crippen LogP contribution in [-0.2, 0) is 10.5 Å². The SMILES string of the molecule is N[C@@]1(Nc2ccccc2C(=O)O)C(=O)Nc2ccccc21. The summed E-state index contributed by atoms with van der Waals surface area (Å²) in [5.74, 6) is -1.52. The molecule has 0 bridgehead atoms. The van der Waals surface area contributed by atoms with E-state index in [1.165, 1.54) is 6.07 Å². The first-order valence-electron chi connectivity index (χ1n) is 6.33. The highest BCUT2D eigenvalue weighted by Gasteiger charge is 2.44. The third-order valence-corrected chi connectivity index (χ3v) is 3.45. The molecule has 1 aliphatic rings. The molecule has 6 heteroatoms. The van der Waals surface area contributed by atoms with E-state index in [1.54, 1.807) is 42.5 Å². The Morgan fingerprint density at radius 1 is 1.14 bits per heavy atom. The fourth-order valence-corrected chi connectivity index (χ4v) is 2.39. The van der Waals surface area contributed by atoms with Crippen molar-refractivity contribution in [3.8, 4) is 0 Å². The van der Waals surface area contributed by atoms with Gasteiger partial charge in [0.05, 0.1) is 11.3 Å². The number of nitrogens with two attached hydrogens (primary N) is 1. The maximum atomic E-state index is 12.2. The number of anilines is 2. The lowest BCUT2D eigenvalue weighted by atomic mass is 10.0. The molecular formula is C15H13N3O3. The molecule has 5 N–H and O–H groups in total. The third kappa shape index (κ3) is 2.02. The molecule has 3 rings (SSSR count). The standard InChI is InChI=1S/C15H13N3O3/c16-15(10-6-2-4-8-12(10)17-14(15)21)18-11-7-3-1-5-9(11)13(19)20/h1-8,18H,16H2,(H,17,21)(H,19,20)/t15-/m0/s1. The van der Waals surface area contributed by atoms with Crippen molar-refractivity contribution in [2.45, 2.75) is 5.66 Å². The molecule has 0 radical (unpaired) electrons. The van der Waals surface area contributed by atoms with Gasteiger partial charge < -0.3 is 15.7 Å². The number of carboxylic acid groups (broad SMARTS) is 1. The van der Waals surface area contributed by atoms with Crippen LogP contribution >= 0.6 is 0 Å². The molecule has 0 unspecified atom stereocenters. The van der Waals surface area contributed by atoms with E-state index in [-0.39, 0.29) is 5.56 Å². The maximum absolute atomic E-state index is 12.2. The lowest BCUT2D eigenvalue weighted by Crippen LogP contribution is -2.50. The van der Waals surface area contributed by atoms with Crippen LogP contribution < -0.4 is 16.4 Å². The molecule has 106 valence electrons. The van der Waals surface area contributed by atoms with Crippen LogP contribution in [0.3, 0.4) is 0 Å². The van der Waals surface area contributed by atoms with E-state index in [4.69, 9.17) is 5.73 Å². The van der Waals surface area contributed by atoms with E-state index in [9.17, 15) is 14.7 Å². The highest BCUT2D eigenvalue weighted by molar-refractivity contribution is 6.08. The predicted molar refractivity (Wildman–Crippen MR) is 78.0 cm³/mol. The first-order chi connectivity index (χ1) is 10.0. The van der Waals surface area contributed by atoms with E-state index in [1.807, 2.05) is 0 Å². The van der Waals surface area contributed by atoms with Gasteiger partial charge in [-0.2, -0.15) is 0 Å². The van der Waals surface area contributed by atoms with Crippen molar-refractivity contribution >= 4 is 23.3 Å². The zero-order valence-electron chi connectivity index (χ0n) is 11.0. The highest BCUT2D eigenvalue weighted by Crippen LogP contribution is 2.35. The minimum atomic E-state index is -1.50. The summed E-state index contributed by atoms with van der Waals surface area (Å²) >= 11 is 0. The lowest BCUT2D eigenvalue weighted by molar-refractivity contribution is -0.119. The molecule has 0 saturated carbocycles. The van der Waals surface area contributed by atoms with Crippen molar-refractivity contribution in [3.63, 3.8) is 0 Å². The summed E-state index contributed by atoms with van der Waals surface area (Å²) in [6, 6.07) is 13.3. The molecule has 0 aliphatic carbocycles. The second-order valence-electron chi connectivity index (χ2n) is 4.78. The number of benzene rings is 2. The van der Waals surface area contributed by atoms with Gasteiger partial charge in [-0.25, -0.2) is 4.79 Å². The number of nitrogens with one attached hydrogen (secondary N) is 2. The molecule has 1 heterocycles. The second-order valence-corrected chi connectivity index (χ2v) is 4.78. The number of aromatic carboxylic acids is 1. The summed E-state index contributed by atoms with van der Waals surface area (Å²) in [6.45, 7) is 0. The molecule has 2 aromatic carbocycles. The van der Waals surface area contributed by atoms with Gasteiger partial charge in [-0.3, -0.25) is 10.5 Å². The van der Waals surface area contributed by atoms with Crippen molar-refractivity contribution in [1.29, 1.82) is 0 Å². The first-order valence-corrected chi connectivity index (χ1v) is 6.33. The number of carbonyl (C=O) groups excluding carboxylic acids is 1. The minimum absolute atomic E-state index is 0.0551. The molecule has 1 amide bonds. The summed E-state index contributed by atoms with van der Waals surface area (Å²) in [6.07, 6.45) is 0. The summed E-state index contributed by atoms with van der Waals surface area (Å²) in [4.78, 5) is 23.4. The number of para-hydroxylation sites is 2. The van der Waals surface area contributed by atoms with Gasteiger partial charge in [-0.05, 0) is 18.2 Å². The zero-order valence-corrected chi connectivity index (χ0v) is 11.0. The Hall–Kier alpha value is -2.86. The number of amides is 1. The van der Waals surface area contributed by atoms with E-state index in [0.717, 1.165) is 0 Å². The summed E-state index contributed by atoms with van der Waals surface area (Å²) < 4.78 is 0. The number of fused-ring (bicyclic) bond motifs is 1. The Kier molecular flexibility index (Phi) is 2.88. The largest absolute Gasteiger partial charge is 0.478 e. The number of hydrogen-bond acceptors (Lipinski definition) is 4. The van der Waals surface area contributed by atoms with Gasteiger partial charge in [0.2, 0.25) is 0 Å². The maximum Gasteiger partial charge on any atom is 0.337 e. The van der Waals surface area contributed by atoms with Crippen LogP contribution in [-0.4, -0.2) is 17.0 Å². The van der Waals surface area contributed by atoms with E-state index in [0.29, 0.717) is 16.9 Å². The van der Waals surface area contributed by atoms with Crippen molar-refractivity contribution in [3.05, 3.63) is 59.7 Å². The zero-order chi connectivity index (χ0) is 15.0. The molecule has 0 fully saturated rings. The molecule has 21 heavy (non-hydrogen) atoms. The van der Waals surface area contributed by atoms with Gasteiger partial charge in [-0.15, -0.1) is 0 Å². The van der Waals surface area contributed by atoms with Crippen molar-refractivity contribution < 1.29 is 14.7 Å². The van der Waals surface area contributed by atoms with Crippen molar-refractivity contribution in [1.82, 2.24) is 0 Å². The van der Waals surface area contributed by atoms with Crippen LogP contribution in [0.4, 0.5) is 11.4 Å². The van der Waals surface area contributed by atoms with Crippen molar-refractivity contribution in [2.24, 2.45) is 5.73 Å². The topological polar surface area (TPSA) is 104 Å². The normalized spacial score (nSPS) is 19.8. The Labute approximate surface area is 120 Å². The van der Waals surface area contributed by atoms with E-state index < -0.39 is 17.5 Å². The Morgan fingerprint density at radius 2 is 1.81 bits per heavy atom. The molecule has 2 aromatic rings. The predicted octanol–water partition coefficient (Wildman–Crippen LogP) is 1.56. The summed E-state index contributed by atoms with van der Waals surface area (Å²) in [5, 5.41) is 14.7. The summed E-state index contributed by atoms with van der Waals surface area (Å²) in [5.41, 5.74) is 6.24. The van der Waals surface area contributed by atoms with Crippen LogP contribution in [0.1, 0.15) is 15.9 Å². The van der Waals surface area contributed by atoms with Crippen LogP contribution in [0.15, 0.2) is 48.5 Å². The number of hydrogen-bond donors (Lipinski definition) is 4. The molecule has 0 spiro atoms. The third-order valence-electron chi connectivity index (χ3n) is 3.45. The Bertz CT molecular complexity index is 744. The fourth-order valence-electron chi connectivity index (χ4n) is 2.39. The van der Waals surface area contributed by atoms with Crippen molar-refractivity contribution in [2.75, 3.05) is 10.6 Å². The van der Waals surface area contributed by atoms with Gasteiger partial charge >= 0.3 is 5.97 Å². The molecule has 1 atom stereocenters. The smallest absolute Gasteiger partial charge is 0.337 e. The molecule has 1 aliphatic heterocycles. The van der Waals surface area contributed by atoms with Gasteiger partial charge in [-0.1, -0.05) is 30.3 Å². The Balaban J connectivity index is 2.06. The average Bonchev–Trinajstić information content (AvgIpc) is 2.71. The van der Waals surface area contributed by atoms with Crippen LogP contribution in [0.25, 0.3) is 0 Å². The molecule has 0 saturated heterocycles. The fraction of sp³-hybridized carbons (Fsp3) is 0.0667. The lowest BCUT2D eigenvalue weighted by Gasteiger charge is -2.25. The molecule has 0 aromatic heterocycles. The Morgan fingerprint density at radius 3 is 2.57 bits per heavy atom. The monoisotopic (exact) mass is 283 g/mol. The number of carboxylic acids is 1. The molecule has 6 nitrogen and oxygen atoms in total. The first kappa shape index (κ1) is 13.1. The van der Waals surface area contributed by atoms with Crippen LogP contribution in [0.2, 0.25) is 0 Å². The molecular weight excluding hydrogens is 270 g/mol. The summed E-state index contributed by atoms with van der Waals surface area (Å²) in [7, 11) is 0. The quantitative estimate of drug-likeness (QED) is 0.640. The number of carbonyl (C=O) groups is 2. The van der Waals surface area contributed by atoms with Crippen LogP contribution in [0, 0.1) is 0 Å². The highest BCUT2D eigenvalue weighted by atomic mass is 16.4. The van der Waals surface area contributed by atoms with Gasteiger partial charge in [0.1, 0.15) is 0 Å². The van der Waals surface area contributed by atoms with E-state index in [2.05, 4.69) is 10.6 Å². The van der Waals surface area contributed by atoms with Gasteiger partial charge in [0, 0.05) is 11.3 Å². The van der Waals surface area contributed by atoms with E-state index >= 15 is 0 Å². The number of rotatable bonds is 3. The second kappa shape index (κ2) is 4.60. The van der Waals surface area contributed by atoms with Crippen LogP contribution in [0.5, 0.6) is 0 Å². The van der Waals surface area contributed by atoms with Gasteiger partial charge in [0.25, 0.3) is 5.91 Å². The van der Waals surface area contributed by atoms with Gasteiger partial charge in [0.15, 0.2) is 5.66 Å². The average molecular weight is 283 g/mol.